The van der Waals surface area contributed by atoms with Crippen LogP contribution in [0.5, 0.6) is 0 Å². The maximum Gasteiger partial charge on any atom is 0.146 e. The Balaban J connectivity index is 0.000000561. The van der Waals surface area contributed by atoms with Crippen molar-refractivity contribution in [3.05, 3.63) is 11.5 Å². The maximum absolute atomic E-state index is 4.74. The van der Waals surface area contributed by atoms with Gasteiger partial charge in [-0.15, -0.1) is 11.8 Å². The molecule has 22 heavy (non-hydrogen) atoms. The number of hydrogen-bond acceptors (Lipinski definition) is 4. The molecule has 3 heterocycles. The Morgan fingerprint density at radius 1 is 1.09 bits per heavy atom. The van der Waals surface area contributed by atoms with Crippen LogP contribution < -0.4 is 4.90 Å². The topological polar surface area (TPSA) is 29.0 Å². The van der Waals surface area contributed by atoms with E-state index in [0.717, 1.165) is 12.2 Å². The Morgan fingerprint density at radius 2 is 1.82 bits per heavy atom. The third-order valence-electron chi connectivity index (χ3n) is 3.93. The highest BCUT2D eigenvalue weighted by molar-refractivity contribution is 7.99. The van der Waals surface area contributed by atoms with Crippen molar-refractivity contribution in [2.24, 2.45) is 0 Å². The highest BCUT2D eigenvalue weighted by atomic mass is 32.2. The summed E-state index contributed by atoms with van der Waals surface area (Å²) in [6.07, 6.45) is 6.40. The minimum absolute atomic E-state index is 0.698. The first-order valence-corrected chi connectivity index (χ1v) is 10.0. The largest absolute Gasteiger partial charge is 0.352 e. The molecule has 126 valence electrons. The van der Waals surface area contributed by atoms with Crippen molar-refractivity contribution in [2.75, 3.05) is 17.2 Å². The molecule has 0 spiro atoms. The molecule has 0 N–H and O–H groups in total. The lowest BCUT2D eigenvalue weighted by molar-refractivity contribution is 0.604. The summed E-state index contributed by atoms with van der Waals surface area (Å²) in [5.74, 6) is 3.37. The molecule has 1 aromatic rings. The molecule has 3 nitrogen and oxygen atoms in total. The van der Waals surface area contributed by atoms with E-state index in [1.165, 1.54) is 54.4 Å². The number of nitrogens with zero attached hydrogens (tertiary/aromatic N) is 3. The van der Waals surface area contributed by atoms with Crippen LogP contribution in [0.15, 0.2) is 4.90 Å². The van der Waals surface area contributed by atoms with Gasteiger partial charge in [0.15, 0.2) is 0 Å². The number of anilines is 1. The first-order chi connectivity index (χ1) is 10.8. The molecular weight excluding hydrogens is 290 g/mol. The SMILES string of the molecule is CC.CC.CCc1nc(C)nc2c1SCC1CCCCCN21. The Kier molecular flexibility index (Phi) is 8.84. The molecule has 2 aliphatic heterocycles. The monoisotopic (exact) mass is 323 g/mol. The number of fused-ring (bicyclic) bond motifs is 3. The summed E-state index contributed by atoms with van der Waals surface area (Å²) < 4.78 is 0. The minimum Gasteiger partial charge on any atom is -0.352 e. The van der Waals surface area contributed by atoms with Gasteiger partial charge in [0.2, 0.25) is 0 Å². The van der Waals surface area contributed by atoms with Gasteiger partial charge >= 0.3 is 0 Å². The fourth-order valence-electron chi connectivity index (χ4n) is 3.00. The van der Waals surface area contributed by atoms with Gasteiger partial charge in [0.25, 0.3) is 0 Å². The van der Waals surface area contributed by atoms with Crippen LogP contribution >= 0.6 is 11.8 Å². The second-order valence-corrected chi connectivity index (χ2v) is 6.26. The molecule has 0 radical (unpaired) electrons. The number of thioether (sulfide) groups is 1. The van der Waals surface area contributed by atoms with Gasteiger partial charge in [0.05, 0.1) is 10.6 Å². The second-order valence-electron chi connectivity index (χ2n) is 5.23. The van der Waals surface area contributed by atoms with Gasteiger partial charge in [0.1, 0.15) is 11.6 Å². The van der Waals surface area contributed by atoms with E-state index in [9.17, 15) is 0 Å². The summed E-state index contributed by atoms with van der Waals surface area (Å²) in [6, 6.07) is 0.698. The lowest BCUT2D eigenvalue weighted by Crippen LogP contribution is -2.40. The average molecular weight is 324 g/mol. The predicted octanol–water partition coefficient (Wildman–Crippen LogP) is 5.25. The molecule has 4 heteroatoms. The van der Waals surface area contributed by atoms with Crippen molar-refractivity contribution in [1.29, 1.82) is 0 Å². The Bertz CT molecular complexity index is 448. The molecule has 0 bridgehead atoms. The maximum atomic E-state index is 4.74. The molecule has 3 rings (SSSR count). The van der Waals surface area contributed by atoms with E-state index in [1.807, 2.05) is 46.4 Å². The summed E-state index contributed by atoms with van der Waals surface area (Å²) in [5.41, 5.74) is 1.24. The minimum atomic E-state index is 0.698. The van der Waals surface area contributed by atoms with Gasteiger partial charge < -0.3 is 4.90 Å². The molecule has 1 fully saturated rings. The second kappa shape index (κ2) is 10.1. The predicted molar refractivity (Wildman–Crippen MR) is 99.2 cm³/mol. The zero-order chi connectivity index (χ0) is 16.5. The fraction of sp³-hybridized carbons (Fsp3) is 0.778. The Labute approximate surface area is 141 Å². The van der Waals surface area contributed by atoms with Gasteiger partial charge in [-0.05, 0) is 26.2 Å². The normalized spacial score (nSPS) is 19.5. The van der Waals surface area contributed by atoms with Crippen molar-refractivity contribution in [3.63, 3.8) is 0 Å². The Morgan fingerprint density at radius 3 is 2.50 bits per heavy atom. The number of rotatable bonds is 1. The van der Waals surface area contributed by atoms with Gasteiger partial charge in [-0.3, -0.25) is 0 Å². The van der Waals surface area contributed by atoms with E-state index in [4.69, 9.17) is 4.98 Å². The lowest BCUT2D eigenvalue weighted by atomic mass is 10.1. The van der Waals surface area contributed by atoms with Crippen molar-refractivity contribution in [1.82, 2.24) is 9.97 Å². The van der Waals surface area contributed by atoms with Gasteiger partial charge in [-0.25, -0.2) is 9.97 Å². The zero-order valence-corrected chi connectivity index (χ0v) is 16.1. The van der Waals surface area contributed by atoms with Crippen LogP contribution in [0.2, 0.25) is 0 Å². The first kappa shape index (κ1) is 19.3. The molecule has 1 atom stereocenters. The molecule has 0 aromatic carbocycles. The van der Waals surface area contributed by atoms with Crippen LogP contribution in [0.3, 0.4) is 0 Å². The number of aromatic nitrogens is 2. The molecule has 1 saturated heterocycles. The summed E-state index contributed by atoms with van der Waals surface area (Å²) in [7, 11) is 0. The standard InChI is InChI=1S/C14H21N3S.2C2H6/c1-3-12-13-14(16-10(2)15-12)17-8-6-4-5-7-11(17)9-18-13;2*1-2/h11H,3-9H2,1-2H3;2*1-2H3. The molecule has 0 aliphatic carbocycles. The van der Waals surface area contributed by atoms with Crippen LogP contribution in [0.4, 0.5) is 5.82 Å². The number of hydrogen-bond donors (Lipinski definition) is 0. The summed E-state index contributed by atoms with van der Waals surface area (Å²) in [6.45, 7) is 13.4. The third-order valence-corrected chi connectivity index (χ3v) is 5.19. The summed E-state index contributed by atoms with van der Waals surface area (Å²) >= 11 is 1.98. The van der Waals surface area contributed by atoms with Gasteiger partial charge in [0, 0.05) is 18.3 Å². The zero-order valence-electron chi connectivity index (χ0n) is 15.3. The molecule has 0 saturated carbocycles. The fourth-order valence-corrected chi connectivity index (χ4v) is 4.35. The van der Waals surface area contributed by atoms with Crippen LogP contribution in [-0.4, -0.2) is 28.3 Å². The number of aryl methyl sites for hydroxylation is 2. The van der Waals surface area contributed by atoms with E-state index in [0.29, 0.717) is 6.04 Å². The van der Waals surface area contributed by atoms with Crippen LogP contribution in [0.25, 0.3) is 0 Å². The molecule has 0 amide bonds. The summed E-state index contributed by atoms with van der Waals surface area (Å²) in [5, 5.41) is 0. The highest BCUT2D eigenvalue weighted by Crippen LogP contribution is 2.40. The molecule has 2 aliphatic rings. The highest BCUT2D eigenvalue weighted by Gasteiger charge is 2.30. The van der Waals surface area contributed by atoms with Crippen molar-refractivity contribution >= 4 is 17.6 Å². The van der Waals surface area contributed by atoms with E-state index in [-0.39, 0.29) is 0 Å². The van der Waals surface area contributed by atoms with E-state index in [1.54, 1.807) is 0 Å². The Hall–Kier alpha value is -0.770. The third kappa shape index (κ3) is 4.37. The summed E-state index contributed by atoms with van der Waals surface area (Å²) in [4.78, 5) is 13.3. The molecule has 1 unspecified atom stereocenters. The molecular formula is C18H33N3S. The average Bonchev–Trinajstić information content (AvgIpc) is 2.83. The van der Waals surface area contributed by atoms with E-state index < -0.39 is 0 Å². The van der Waals surface area contributed by atoms with Gasteiger partial charge in [-0.2, -0.15) is 0 Å². The van der Waals surface area contributed by atoms with Gasteiger partial charge in [-0.1, -0.05) is 47.5 Å². The quantitative estimate of drug-likeness (QED) is 0.705. The van der Waals surface area contributed by atoms with Crippen molar-refractivity contribution in [3.8, 4) is 0 Å². The van der Waals surface area contributed by atoms with Crippen LogP contribution in [0.1, 0.15) is 71.8 Å². The van der Waals surface area contributed by atoms with E-state index >= 15 is 0 Å². The van der Waals surface area contributed by atoms with Crippen LogP contribution in [0, 0.1) is 6.92 Å². The molecule has 1 aromatic heterocycles. The lowest BCUT2D eigenvalue weighted by Gasteiger charge is -2.36. The smallest absolute Gasteiger partial charge is 0.146 e. The van der Waals surface area contributed by atoms with E-state index in [2.05, 4.69) is 16.8 Å². The van der Waals surface area contributed by atoms with Crippen molar-refractivity contribution in [2.45, 2.75) is 84.6 Å². The van der Waals surface area contributed by atoms with Crippen LogP contribution in [-0.2, 0) is 6.42 Å². The first-order valence-electron chi connectivity index (χ1n) is 9.06. The van der Waals surface area contributed by atoms with Crippen molar-refractivity contribution < 1.29 is 0 Å².